The second-order valence-corrected chi connectivity index (χ2v) is 7.26. The van der Waals surface area contributed by atoms with Crippen molar-refractivity contribution in [1.82, 2.24) is 0 Å². The lowest BCUT2D eigenvalue weighted by Gasteiger charge is -2.16. The van der Waals surface area contributed by atoms with Crippen LogP contribution in [-0.2, 0) is 0 Å². The van der Waals surface area contributed by atoms with Crippen LogP contribution in [0.1, 0.15) is 77.0 Å². The Labute approximate surface area is 148 Å². The third-order valence-electron chi connectivity index (χ3n) is 5.31. The first-order chi connectivity index (χ1) is 11.8. The van der Waals surface area contributed by atoms with Gasteiger partial charge >= 0.3 is 0 Å². The van der Waals surface area contributed by atoms with E-state index in [0.717, 1.165) is 12.0 Å². The number of rotatable bonds is 3. The molecule has 0 N–H and O–H groups in total. The highest BCUT2D eigenvalue weighted by atomic mass is 14.2. The van der Waals surface area contributed by atoms with Gasteiger partial charge in [0.05, 0.1) is 0 Å². The summed E-state index contributed by atoms with van der Waals surface area (Å²) in [5.41, 5.74) is 6.54. The summed E-state index contributed by atoms with van der Waals surface area (Å²) in [7, 11) is 0. The lowest BCUT2D eigenvalue weighted by molar-refractivity contribution is 0.706. The van der Waals surface area contributed by atoms with Gasteiger partial charge in [0.15, 0.2) is 0 Å². The maximum Gasteiger partial charge on any atom is 0.0320 e. The van der Waals surface area contributed by atoms with Crippen molar-refractivity contribution in [2.75, 3.05) is 0 Å². The van der Waals surface area contributed by atoms with E-state index in [1.807, 2.05) is 0 Å². The average molecular weight is 319 g/mol. The smallest absolute Gasteiger partial charge is 0.0320 e. The minimum Gasteiger partial charge on any atom is -0.0902 e. The Morgan fingerprint density at radius 3 is 2.17 bits per heavy atom. The van der Waals surface area contributed by atoms with E-state index in [1.54, 1.807) is 0 Å². The molecule has 0 spiro atoms. The van der Waals surface area contributed by atoms with E-state index < -0.39 is 0 Å². The van der Waals surface area contributed by atoms with Gasteiger partial charge in [-0.2, -0.15) is 0 Å². The normalized spacial score (nSPS) is 21.8. The van der Waals surface area contributed by atoms with Crippen molar-refractivity contribution < 1.29 is 0 Å². The minimum atomic E-state index is 1.15. The van der Waals surface area contributed by atoms with Crippen LogP contribution in [0, 0.1) is 11.8 Å². The zero-order chi connectivity index (χ0) is 16.6. The lowest BCUT2D eigenvalue weighted by atomic mass is 9.88. The van der Waals surface area contributed by atoms with E-state index >= 15 is 0 Å². The van der Waals surface area contributed by atoms with Crippen LogP contribution < -0.4 is 0 Å². The fraction of sp³-hybridized carbons (Fsp3) is 0.500. The van der Waals surface area contributed by atoms with Gasteiger partial charge in [0.2, 0.25) is 0 Å². The monoisotopic (exact) mass is 318 g/mol. The molecule has 126 valence electrons. The molecular formula is C24H30. The van der Waals surface area contributed by atoms with Crippen molar-refractivity contribution in [3.8, 4) is 11.8 Å². The van der Waals surface area contributed by atoms with Gasteiger partial charge in [-0.15, -0.1) is 0 Å². The van der Waals surface area contributed by atoms with Crippen molar-refractivity contribution in [2.24, 2.45) is 0 Å². The summed E-state index contributed by atoms with van der Waals surface area (Å²) < 4.78 is 0. The lowest BCUT2D eigenvalue weighted by Crippen LogP contribution is -1.99. The highest BCUT2D eigenvalue weighted by Crippen LogP contribution is 2.29. The Hall–Kier alpha value is -1.74. The van der Waals surface area contributed by atoms with Crippen LogP contribution >= 0.6 is 0 Å². The van der Waals surface area contributed by atoms with Crippen LogP contribution in [0.3, 0.4) is 0 Å². The Kier molecular flexibility index (Phi) is 6.36. The first-order valence-electron chi connectivity index (χ1n) is 9.83. The molecule has 0 fully saturated rings. The molecule has 0 aromatic carbocycles. The zero-order valence-corrected chi connectivity index (χ0v) is 15.0. The molecule has 0 aliphatic heterocycles. The van der Waals surface area contributed by atoms with Crippen LogP contribution in [0.15, 0.2) is 58.7 Å². The Morgan fingerprint density at radius 1 is 0.833 bits per heavy atom. The summed E-state index contributed by atoms with van der Waals surface area (Å²) in [6.45, 7) is 4.42. The van der Waals surface area contributed by atoms with Gasteiger partial charge in [-0.1, -0.05) is 42.2 Å². The second kappa shape index (κ2) is 8.93. The van der Waals surface area contributed by atoms with Crippen molar-refractivity contribution in [2.45, 2.75) is 77.0 Å². The van der Waals surface area contributed by atoms with Gasteiger partial charge in [-0.05, 0) is 99.8 Å². The van der Waals surface area contributed by atoms with Crippen LogP contribution in [0.2, 0.25) is 0 Å². The number of hydrogen-bond acceptors (Lipinski definition) is 0. The molecule has 0 heteroatoms. The Balaban J connectivity index is 1.85. The third kappa shape index (κ3) is 4.88. The van der Waals surface area contributed by atoms with Crippen molar-refractivity contribution in [3.63, 3.8) is 0 Å². The highest BCUT2D eigenvalue weighted by molar-refractivity contribution is 5.58. The van der Waals surface area contributed by atoms with Crippen LogP contribution in [-0.4, -0.2) is 0 Å². The third-order valence-corrected chi connectivity index (χ3v) is 5.31. The maximum atomic E-state index is 4.42. The van der Waals surface area contributed by atoms with Gasteiger partial charge in [0.1, 0.15) is 0 Å². The fourth-order valence-electron chi connectivity index (χ4n) is 3.76. The number of hydrogen-bond donors (Lipinski definition) is 0. The summed E-state index contributed by atoms with van der Waals surface area (Å²) in [5, 5.41) is 0. The van der Waals surface area contributed by atoms with Crippen molar-refractivity contribution >= 4 is 0 Å². The molecule has 0 aromatic heterocycles. The van der Waals surface area contributed by atoms with E-state index in [0.29, 0.717) is 0 Å². The molecule has 0 bridgehead atoms. The molecule has 0 nitrogen and oxygen atoms in total. The average Bonchev–Trinajstić information content (AvgIpc) is 2.67. The van der Waals surface area contributed by atoms with E-state index in [-0.39, 0.29) is 0 Å². The van der Waals surface area contributed by atoms with Gasteiger partial charge < -0.3 is 0 Å². The molecule has 0 atom stereocenters. The molecule has 0 radical (unpaired) electrons. The van der Waals surface area contributed by atoms with Gasteiger partial charge in [0, 0.05) is 5.57 Å². The molecule has 0 aromatic rings. The SMILES string of the molecule is C=C(C1=CCCCC1)/C(C#CC1=CCCCC1)=C\C1=CCCCC1. The van der Waals surface area contributed by atoms with E-state index in [4.69, 9.17) is 0 Å². The van der Waals surface area contributed by atoms with Gasteiger partial charge in [-0.3, -0.25) is 0 Å². The van der Waals surface area contributed by atoms with E-state index in [2.05, 4.69) is 42.7 Å². The first kappa shape index (κ1) is 17.1. The molecule has 0 unspecified atom stereocenters. The molecule has 0 saturated carbocycles. The summed E-state index contributed by atoms with van der Waals surface area (Å²) in [5.74, 6) is 6.95. The molecule has 0 saturated heterocycles. The Morgan fingerprint density at radius 2 is 1.54 bits per heavy atom. The summed E-state index contributed by atoms with van der Waals surface area (Å²) >= 11 is 0. The zero-order valence-electron chi connectivity index (χ0n) is 15.0. The molecule has 0 amide bonds. The molecule has 3 aliphatic carbocycles. The first-order valence-corrected chi connectivity index (χ1v) is 9.83. The number of allylic oxidation sites excluding steroid dienone is 9. The van der Waals surface area contributed by atoms with Crippen molar-refractivity contribution in [3.05, 3.63) is 58.7 Å². The topological polar surface area (TPSA) is 0 Å². The molecular weight excluding hydrogens is 288 g/mol. The minimum absolute atomic E-state index is 1.15. The summed E-state index contributed by atoms with van der Waals surface area (Å²) in [6, 6.07) is 0. The van der Waals surface area contributed by atoms with Crippen LogP contribution in [0.25, 0.3) is 0 Å². The van der Waals surface area contributed by atoms with Crippen LogP contribution in [0.4, 0.5) is 0 Å². The molecule has 3 rings (SSSR count). The predicted molar refractivity (Wildman–Crippen MR) is 105 cm³/mol. The predicted octanol–water partition coefficient (Wildman–Crippen LogP) is 6.97. The molecule has 24 heavy (non-hydrogen) atoms. The van der Waals surface area contributed by atoms with Crippen molar-refractivity contribution in [1.29, 1.82) is 0 Å². The maximum absolute atomic E-state index is 4.42. The molecule has 0 heterocycles. The quantitative estimate of drug-likeness (QED) is 0.389. The van der Waals surface area contributed by atoms with Crippen LogP contribution in [0.5, 0.6) is 0 Å². The highest BCUT2D eigenvalue weighted by Gasteiger charge is 2.12. The van der Waals surface area contributed by atoms with E-state index in [1.165, 1.54) is 92.9 Å². The van der Waals surface area contributed by atoms with Gasteiger partial charge in [-0.25, -0.2) is 0 Å². The second-order valence-electron chi connectivity index (χ2n) is 7.26. The summed E-state index contributed by atoms with van der Waals surface area (Å²) in [4.78, 5) is 0. The fourth-order valence-corrected chi connectivity index (χ4v) is 3.76. The standard InChI is InChI=1S/C24H30/c1-20(23-15-9-4-10-16-23)24(19-22-13-7-3-8-14-22)18-17-21-11-5-2-6-12-21/h11,13,15,19H,1-10,12,14,16H2/b24-19-. The van der Waals surface area contributed by atoms with E-state index in [9.17, 15) is 0 Å². The summed E-state index contributed by atoms with van der Waals surface area (Å²) in [6.07, 6.45) is 24.4. The van der Waals surface area contributed by atoms with Gasteiger partial charge in [0.25, 0.3) is 0 Å². The Bertz CT molecular complexity index is 652. The molecule has 3 aliphatic rings. The largest absolute Gasteiger partial charge is 0.0902 e.